The van der Waals surface area contributed by atoms with Crippen molar-refractivity contribution < 1.29 is 14.7 Å². The smallest absolute Gasteiger partial charge is 0.326 e. The fourth-order valence-corrected chi connectivity index (χ4v) is 2.53. The molecule has 1 aliphatic carbocycles. The average Bonchev–Trinajstić information content (AvgIpc) is 3.17. The standard InChI is InChI=1S/C17H19N3O3/c21-16(19-15(17(22)23)10-12-2-3-12)11-13-4-6-14(7-5-13)20-9-1-8-18-20/h1,4-9,12,15H,2-3,10-11H2,(H,19,21)(H,22,23). The number of benzene rings is 1. The van der Waals surface area contributed by atoms with Crippen LogP contribution in [0.1, 0.15) is 24.8 Å². The minimum Gasteiger partial charge on any atom is -0.480 e. The molecule has 2 N–H and O–H groups in total. The topological polar surface area (TPSA) is 84.2 Å². The fourth-order valence-electron chi connectivity index (χ4n) is 2.53. The molecular formula is C17H19N3O3. The number of nitrogens with one attached hydrogen (secondary N) is 1. The molecule has 6 nitrogen and oxygen atoms in total. The van der Waals surface area contributed by atoms with Crippen LogP contribution in [0.3, 0.4) is 0 Å². The summed E-state index contributed by atoms with van der Waals surface area (Å²) in [5.74, 6) is -0.770. The molecule has 0 radical (unpaired) electrons. The molecule has 0 aliphatic heterocycles. The highest BCUT2D eigenvalue weighted by molar-refractivity contribution is 5.84. The summed E-state index contributed by atoms with van der Waals surface area (Å²) in [6.07, 6.45) is 6.38. The first-order valence-electron chi connectivity index (χ1n) is 7.73. The molecule has 1 fully saturated rings. The van der Waals surface area contributed by atoms with Crippen LogP contribution in [0.15, 0.2) is 42.7 Å². The van der Waals surface area contributed by atoms with Gasteiger partial charge in [0.25, 0.3) is 0 Å². The Morgan fingerprint density at radius 3 is 2.61 bits per heavy atom. The Kier molecular flexibility index (Phi) is 4.41. The van der Waals surface area contributed by atoms with Gasteiger partial charge in [0.05, 0.1) is 12.1 Å². The summed E-state index contributed by atoms with van der Waals surface area (Å²) in [4.78, 5) is 23.3. The van der Waals surface area contributed by atoms with E-state index in [0.29, 0.717) is 12.3 Å². The van der Waals surface area contributed by atoms with E-state index < -0.39 is 12.0 Å². The molecule has 0 bridgehead atoms. The molecule has 120 valence electrons. The van der Waals surface area contributed by atoms with Gasteiger partial charge >= 0.3 is 5.97 Å². The van der Waals surface area contributed by atoms with Crippen molar-refractivity contribution in [1.29, 1.82) is 0 Å². The Balaban J connectivity index is 1.57. The summed E-state index contributed by atoms with van der Waals surface area (Å²) in [7, 11) is 0. The van der Waals surface area contributed by atoms with Crippen LogP contribution in [0.4, 0.5) is 0 Å². The van der Waals surface area contributed by atoms with Gasteiger partial charge in [-0.1, -0.05) is 25.0 Å². The summed E-state index contributed by atoms with van der Waals surface area (Å²) in [5.41, 5.74) is 1.75. The Hall–Kier alpha value is -2.63. The van der Waals surface area contributed by atoms with Crippen LogP contribution >= 0.6 is 0 Å². The first-order valence-corrected chi connectivity index (χ1v) is 7.73. The molecule has 1 unspecified atom stereocenters. The van der Waals surface area contributed by atoms with Crippen molar-refractivity contribution in [3.05, 3.63) is 48.3 Å². The number of aliphatic carboxylic acids is 1. The lowest BCUT2D eigenvalue weighted by atomic mass is 10.1. The molecule has 1 heterocycles. The van der Waals surface area contributed by atoms with Crippen LogP contribution < -0.4 is 5.32 Å². The van der Waals surface area contributed by atoms with E-state index in [2.05, 4.69) is 10.4 Å². The van der Waals surface area contributed by atoms with Gasteiger partial charge in [-0.05, 0) is 36.1 Å². The molecule has 1 atom stereocenters. The monoisotopic (exact) mass is 313 g/mol. The molecular weight excluding hydrogens is 294 g/mol. The first kappa shape index (κ1) is 15.3. The van der Waals surface area contributed by atoms with Gasteiger partial charge in [0.1, 0.15) is 6.04 Å². The predicted octanol–water partition coefficient (Wildman–Crippen LogP) is 1.78. The molecule has 23 heavy (non-hydrogen) atoms. The zero-order chi connectivity index (χ0) is 16.2. The van der Waals surface area contributed by atoms with Crippen LogP contribution in [0.25, 0.3) is 5.69 Å². The van der Waals surface area contributed by atoms with Gasteiger partial charge in [-0.15, -0.1) is 0 Å². The molecule has 0 spiro atoms. The van der Waals surface area contributed by atoms with E-state index >= 15 is 0 Å². The number of hydrogen-bond acceptors (Lipinski definition) is 3. The average molecular weight is 313 g/mol. The lowest BCUT2D eigenvalue weighted by molar-refractivity contribution is -0.142. The minimum absolute atomic E-state index is 0.174. The number of rotatable bonds is 7. The van der Waals surface area contributed by atoms with E-state index in [1.54, 1.807) is 10.9 Å². The SMILES string of the molecule is O=C(Cc1ccc(-n2cccn2)cc1)NC(CC1CC1)C(=O)O. The molecule has 1 aromatic heterocycles. The van der Waals surface area contributed by atoms with Gasteiger partial charge in [0, 0.05) is 12.4 Å². The van der Waals surface area contributed by atoms with Gasteiger partial charge in [0.2, 0.25) is 5.91 Å². The highest BCUT2D eigenvalue weighted by Gasteiger charge is 2.30. The van der Waals surface area contributed by atoms with Crippen molar-refractivity contribution in [2.75, 3.05) is 0 Å². The third kappa shape index (κ3) is 4.18. The van der Waals surface area contributed by atoms with Gasteiger partial charge in [-0.3, -0.25) is 4.79 Å². The number of aromatic nitrogens is 2. The first-order chi connectivity index (χ1) is 11.1. The zero-order valence-corrected chi connectivity index (χ0v) is 12.7. The predicted molar refractivity (Wildman–Crippen MR) is 84.2 cm³/mol. The number of amides is 1. The summed E-state index contributed by atoms with van der Waals surface area (Å²) in [6.45, 7) is 0. The Morgan fingerprint density at radius 2 is 2.04 bits per heavy atom. The second kappa shape index (κ2) is 6.64. The molecule has 6 heteroatoms. The van der Waals surface area contributed by atoms with E-state index in [0.717, 1.165) is 24.1 Å². The van der Waals surface area contributed by atoms with Crippen LogP contribution in [0.5, 0.6) is 0 Å². The lowest BCUT2D eigenvalue weighted by Gasteiger charge is -2.14. The highest BCUT2D eigenvalue weighted by atomic mass is 16.4. The summed E-state index contributed by atoms with van der Waals surface area (Å²) in [6, 6.07) is 8.54. The summed E-state index contributed by atoms with van der Waals surface area (Å²) in [5, 5.41) is 15.9. The summed E-state index contributed by atoms with van der Waals surface area (Å²) < 4.78 is 1.74. The molecule has 1 aromatic carbocycles. The molecule has 1 aliphatic rings. The van der Waals surface area contributed by atoms with E-state index in [9.17, 15) is 14.7 Å². The second-order valence-electron chi connectivity index (χ2n) is 5.93. The van der Waals surface area contributed by atoms with E-state index in [4.69, 9.17) is 0 Å². The van der Waals surface area contributed by atoms with Crippen LogP contribution in [0, 0.1) is 5.92 Å². The molecule has 1 amide bonds. The van der Waals surface area contributed by atoms with Crippen molar-refractivity contribution in [3.8, 4) is 5.69 Å². The molecule has 0 saturated heterocycles. The maximum Gasteiger partial charge on any atom is 0.326 e. The second-order valence-corrected chi connectivity index (χ2v) is 5.93. The quantitative estimate of drug-likeness (QED) is 0.816. The van der Waals surface area contributed by atoms with Gasteiger partial charge in [0.15, 0.2) is 0 Å². The van der Waals surface area contributed by atoms with E-state index in [1.165, 1.54) is 0 Å². The van der Waals surface area contributed by atoms with E-state index in [1.807, 2.05) is 36.5 Å². The molecule has 2 aromatic rings. The molecule has 3 rings (SSSR count). The van der Waals surface area contributed by atoms with Crippen molar-refractivity contribution in [2.24, 2.45) is 5.92 Å². The van der Waals surface area contributed by atoms with E-state index in [-0.39, 0.29) is 12.3 Å². The number of carboxylic acids is 1. The summed E-state index contributed by atoms with van der Waals surface area (Å²) >= 11 is 0. The zero-order valence-electron chi connectivity index (χ0n) is 12.7. The van der Waals surface area contributed by atoms with Crippen LogP contribution in [-0.4, -0.2) is 32.8 Å². The largest absolute Gasteiger partial charge is 0.480 e. The Morgan fingerprint density at radius 1 is 1.30 bits per heavy atom. The highest BCUT2D eigenvalue weighted by Crippen LogP contribution is 2.33. The normalized spacial score (nSPS) is 15.1. The third-order valence-corrected chi connectivity index (χ3v) is 3.97. The minimum atomic E-state index is -0.959. The third-order valence-electron chi connectivity index (χ3n) is 3.97. The number of nitrogens with zero attached hydrogens (tertiary/aromatic N) is 2. The van der Waals surface area contributed by atoms with Crippen molar-refractivity contribution >= 4 is 11.9 Å². The van der Waals surface area contributed by atoms with Gasteiger partial charge in [-0.25, -0.2) is 9.48 Å². The Bertz CT molecular complexity index is 676. The van der Waals surface area contributed by atoms with Crippen LogP contribution in [0.2, 0.25) is 0 Å². The van der Waals surface area contributed by atoms with Crippen LogP contribution in [-0.2, 0) is 16.0 Å². The maximum atomic E-state index is 12.1. The Labute approximate surface area is 134 Å². The number of carbonyl (C=O) groups excluding carboxylic acids is 1. The van der Waals surface area contributed by atoms with Gasteiger partial charge in [-0.2, -0.15) is 5.10 Å². The van der Waals surface area contributed by atoms with Gasteiger partial charge < -0.3 is 10.4 Å². The number of hydrogen-bond donors (Lipinski definition) is 2. The van der Waals surface area contributed by atoms with Crippen molar-refractivity contribution in [3.63, 3.8) is 0 Å². The lowest BCUT2D eigenvalue weighted by Crippen LogP contribution is -2.41. The number of carboxylic acid groups (broad SMARTS) is 1. The van der Waals surface area contributed by atoms with Crippen molar-refractivity contribution in [1.82, 2.24) is 15.1 Å². The molecule has 1 saturated carbocycles. The van der Waals surface area contributed by atoms with Crippen molar-refractivity contribution in [2.45, 2.75) is 31.7 Å². The fraction of sp³-hybridized carbons (Fsp3) is 0.353. The number of carbonyl (C=O) groups is 2. The maximum absolute atomic E-state index is 12.1.